The van der Waals surface area contributed by atoms with Gasteiger partial charge in [0.1, 0.15) is 5.60 Å². The Bertz CT molecular complexity index is 457. The van der Waals surface area contributed by atoms with Gasteiger partial charge < -0.3 is 9.47 Å². The Morgan fingerprint density at radius 2 is 1.59 bits per heavy atom. The van der Waals surface area contributed by atoms with E-state index in [1.54, 1.807) is 0 Å². The second kappa shape index (κ2) is 4.51. The Hall–Kier alpha value is -0.0800. The minimum atomic E-state index is 0.148. The van der Waals surface area contributed by atoms with Crippen molar-refractivity contribution in [3.05, 3.63) is 0 Å². The van der Waals surface area contributed by atoms with Gasteiger partial charge in [0.05, 0.1) is 18.3 Å². The first-order valence-corrected chi connectivity index (χ1v) is 9.45. The van der Waals surface area contributed by atoms with Crippen molar-refractivity contribution >= 4 is 0 Å². The molecule has 2 saturated carbocycles. The Kier molecular flexibility index (Phi) is 3.16. The van der Waals surface area contributed by atoms with Crippen LogP contribution in [0.15, 0.2) is 0 Å². The molecule has 0 radical (unpaired) electrons. The average Bonchev–Trinajstić information content (AvgIpc) is 3.27. The van der Waals surface area contributed by atoms with E-state index in [-0.39, 0.29) is 11.0 Å². The molecular formula is C20H34O2. The van der Waals surface area contributed by atoms with Gasteiger partial charge in [0.15, 0.2) is 0 Å². The van der Waals surface area contributed by atoms with Crippen molar-refractivity contribution in [2.45, 2.75) is 97.6 Å². The summed E-state index contributed by atoms with van der Waals surface area (Å²) in [6, 6.07) is 0. The van der Waals surface area contributed by atoms with Crippen LogP contribution in [-0.2, 0) is 9.47 Å². The Labute approximate surface area is 136 Å². The van der Waals surface area contributed by atoms with E-state index in [4.69, 9.17) is 9.47 Å². The fourth-order valence-electron chi connectivity index (χ4n) is 5.63. The molecule has 4 rings (SSSR count). The Morgan fingerprint density at radius 1 is 0.864 bits per heavy atom. The number of hydrogen-bond acceptors (Lipinski definition) is 2. The largest absolute Gasteiger partial charge is 0.370 e. The maximum absolute atomic E-state index is 6.50. The summed E-state index contributed by atoms with van der Waals surface area (Å²) < 4.78 is 12.3. The molecule has 0 N–H and O–H groups in total. The quantitative estimate of drug-likeness (QED) is 0.649. The second-order valence-electron chi connectivity index (χ2n) is 10.6. The third-order valence-corrected chi connectivity index (χ3v) is 7.32. The first-order valence-electron chi connectivity index (χ1n) is 9.45. The third kappa shape index (κ3) is 2.28. The van der Waals surface area contributed by atoms with Gasteiger partial charge in [-0.2, -0.15) is 0 Å². The van der Waals surface area contributed by atoms with Crippen LogP contribution in [0.3, 0.4) is 0 Å². The van der Waals surface area contributed by atoms with Crippen molar-refractivity contribution in [1.82, 2.24) is 0 Å². The van der Waals surface area contributed by atoms with Crippen molar-refractivity contribution in [3.8, 4) is 0 Å². The summed E-state index contributed by atoms with van der Waals surface area (Å²) >= 11 is 0. The molecule has 0 spiro atoms. The van der Waals surface area contributed by atoms with Gasteiger partial charge in [-0.3, -0.25) is 0 Å². The summed E-state index contributed by atoms with van der Waals surface area (Å²) in [4.78, 5) is 0. The lowest BCUT2D eigenvalue weighted by Gasteiger charge is -2.44. The number of hydrogen-bond donors (Lipinski definition) is 0. The van der Waals surface area contributed by atoms with Crippen LogP contribution < -0.4 is 0 Å². The molecule has 2 nitrogen and oxygen atoms in total. The van der Waals surface area contributed by atoms with E-state index in [2.05, 4.69) is 41.5 Å². The Morgan fingerprint density at radius 3 is 2.18 bits per heavy atom. The van der Waals surface area contributed by atoms with E-state index in [0.717, 1.165) is 11.8 Å². The molecule has 0 amide bonds. The molecule has 2 heteroatoms. The molecule has 0 aromatic rings. The maximum atomic E-state index is 6.50. The highest BCUT2D eigenvalue weighted by atomic mass is 16.6. The summed E-state index contributed by atoms with van der Waals surface area (Å²) in [5.74, 6) is 2.42. The fourth-order valence-corrected chi connectivity index (χ4v) is 5.63. The van der Waals surface area contributed by atoms with Crippen LogP contribution in [-0.4, -0.2) is 23.9 Å². The van der Waals surface area contributed by atoms with Crippen LogP contribution in [0.4, 0.5) is 0 Å². The lowest BCUT2D eigenvalue weighted by Crippen LogP contribution is -2.46. The molecule has 0 aromatic carbocycles. The third-order valence-electron chi connectivity index (χ3n) is 7.32. The van der Waals surface area contributed by atoms with E-state index in [9.17, 15) is 0 Å². The highest BCUT2D eigenvalue weighted by molar-refractivity contribution is 5.18. The second-order valence-corrected chi connectivity index (χ2v) is 10.6. The molecular weight excluding hydrogens is 272 g/mol. The van der Waals surface area contributed by atoms with Crippen molar-refractivity contribution in [2.24, 2.45) is 28.6 Å². The van der Waals surface area contributed by atoms with E-state index in [1.165, 1.54) is 32.1 Å². The number of epoxide rings is 2. The molecule has 2 aliphatic heterocycles. The molecule has 126 valence electrons. The topological polar surface area (TPSA) is 25.1 Å². The van der Waals surface area contributed by atoms with E-state index in [1.807, 2.05) is 0 Å². The molecule has 2 aliphatic carbocycles. The fraction of sp³-hybridized carbons (Fsp3) is 1.00. The SMILES string of the molecule is CC(C)(C)C1CC(C2CCC3OC3C2)CC2(C(C)(C)C)OC12. The van der Waals surface area contributed by atoms with E-state index >= 15 is 0 Å². The van der Waals surface area contributed by atoms with Crippen LogP contribution >= 0.6 is 0 Å². The molecule has 2 saturated heterocycles. The van der Waals surface area contributed by atoms with Gasteiger partial charge >= 0.3 is 0 Å². The van der Waals surface area contributed by atoms with E-state index in [0.29, 0.717) is 29.6 Å². The Balaban J connectivity index is 1.57. The normalized spacial score (nSPS) is 51.0. The lowest BCUT2D eigenvalue weighted by molar-refractivity contribution is 0.0644. The summed E-state index contributed by atoms with van der Waals surface area (Å²) in [5, 5.41) is 0. The summed E-state index contributed by atoms with van der Waals surface area (Å²) in [7, 11) is 0. The highest BCUT2D eigenvalue weighted by Crippen LogP contribution is 2.65. The standard InChI is InChI=1S/C20H34O2/c1-18(2,3)14-9-13(12-7-8-15-16(10-12)21-15)11-20(17(14)22-20)19(4,5)6/h12-17H,7-11H2,1-6H3. The molecule has 7 atom stereocenters. The van der Waals surface area contributed by atoms with Crippen molar-refractivity contribution in [1.29, 1.82) is 0 Å². The molecule has 7 unspecified atom stereocenters. The summed E-state index contributed by atoms with van der Waals surface area (Å²) in [5.41, 5.74) is 0.756. The van der Waals surface area contributed by atoms with Gasteiger partial charge in [-0.05, 0) is 60.7 Å². The first-order chi connectivity index (χ1) is 10.1. The van der Waals surface area contributed by atoms with Crippen molar-refractivity contribution in [3.63, 3.8) is 0 Å². The zero-order valence-corrected chi connectivity index (χ0v) is 15.3. The predicted molar refractivity (Wildman–Crippen MR) is 88.7 cm³/mol. The monoisotopic (exact) mass is 306 g/mol. The van der Waals surface area contributed by atoms with Gasteiger partial charge in [0.25, 0.3) is 0 Å². The van der Waals surface area contributed by atoms with Crippen molar-refractivity contribution in [2.75, 3.05) is 0 Å². The van der Waals surface area contributed by atoms with Gasteiger partial charge in [-0.25, -0.2) is 0 Å². The molecule has 0 aromatic heterocycles. The molecule has 2 heterocycles. The van der Waals surface area contributed by atoms with E-state index < -0.39 is 0 Å². The minimum Gasteiger partial charge on any atom is -0.370 e. The van der Waals surface area contributed by atoms with Gasteiger partial charge in [-0.15, -0.1) is 0 Å². The number of rotatable bonds is 1. The van der Waals surface area contributed by atoms with Crippen LogP contribution in [0.1, 0.15) is 73.6 Å². The predicted octanol–water partition coefficient (Wildman–Crippen LogP) is 4.81. The van der Waals surface area contributed by atoms with Gasteiger partial charge in [0.2, 0.25) is 0 Å². The van der Waals surface area contributed by atoms with Gasteiger partial charge in [-0.1, -0.05) is 41.5 Å². The lowest BCUT2D eigenvalue weighted by atomic mass is 9.57. The average molecular weight is 306 g/mol. The van der Waals surface area contributed by atoms with Crippen molar-refractivity contribution < 1.29 is 9.47 Å². The van der Waals surface area contributed by atoms with Crippen LogP contribution in [0.2, 0.25) is 0 Å². The van der Waals surface area contributed by atoms with Crippen LogP contribution in [0, 0.1) is 28.6 Å². The first kappa shape index (κ1) is 15.4. The molecule has 0 bridgehead atoms. The summed E-state index contributed by atoms with van der Waals surface area (Å²) in [6.07, 6.45) is 8.39. The van der Waals surface area contributed by atoms with Crippen LogP contribution in [0.5, 0.6) is 0 Å². The molecule has 22 heavy (non-hydrogen) atoms. The zero-order chi connectivity index (χ0) is 15.9. The maximum Gasteiger partial charge on any atom is 0.100 e. The number of fused-ring (bicyclic) bond motifs is 2. The zero-order valence-electron chi connectivity index (χ0n) is 15.3. The van der Waals surface area contributed by atoms with Gasteiger partial charge in [0, 0.05) is 0 Å². The highest BCUT2D eigenvalue weighted by Gasteiger charge is 2.70. The summed E-state index contributed by atoms with van der Waals surface area (Å²) in [6.45, 7) is 14.4. The molecule has 4 aliphatic rings. The smallest absolute Gasteiger partial charge is 0.100 e. The molecule has 4 fully saturated rings. The van der Waals surface area contributed by atoms with Crippen LogP contribution in [0.25, 0.3) is 0 Å². The minimum absolute atomic E-state index is 0.148. The number of ether oxygens (including phenoxy) is 2.